The Labute approximate surface area is 202 Å². The van der Waals surface area contributed by atoms with E-state index in [-0.39, 0.29) is 0 Å². The largest absolute Gasteiger partial charge is 0.481 e. The molecular formula is C30H26N2O3. The molecule has 174 valence electrons. The molecule has 2 N–H and O–H groups in total. The number of aliphatic imine (C=N–C) groups is 1. The lowest BCUT2D eigenvalue weighted by molar-refractivity contribution is -0.147. The van der Waals surface area contributed by atoms with Gasteiger partial charge in [-0.1, -0.05) is 60.7 Å². The van der Waals surface area contributed by atoms with Crippen LogP contribution in [0.5, 0.6) is 0 Å². The maximum atomic E-state index is 13.2. The predicted molar refractivity (Wildman–Crippen MR) is 137 cm³/mol. The topological polar surface area (TPSA) is 78.8 Å². The van der Waals surface area contributed by atoms with Crippen LogP contribution in [0.3, 0.4) is 0 Å². The van der Waals surface area contributed by atoms with E-state index in [1.165, 1.54) is 33.0 Å². The number of anilines is 1. The number of rotatable bonds is 3. The van der Waals surface area contributed by atoms with Gasteiger partial charge >= 0.3 is 5.97 Å². The van der Waals surface area contributed by atoms with Gasteiger partial charge in [-0.3, -0.25) is 9.59 Å². The first-order valence-electron chi connectivity index (χ1n) is 12.1. The Bertz CT molecular complexity index is 1650. The van der Waals surface area contributed by atoms with Crippen LogP contribution in [0.2, 0.25) is 0 Å². The van der Waals surface area contributed by atoms with Crippen LogP contribution < -0.4 is 15.8 Å². The molecule has 1 aliphatic heterocycles. The summed E-state index contributed by atoms with van der Waals surface area (Å²) in [5.41, 5.74) is 3.32. The van der Waals surface area contributed by atoms with Crippen molar-refractivity contribution < 1.29 is 14.7 Å². The average molecular weight is 463 g/mol. The van der Waals surface area contributed by atoms with Gasteiger partial charge < -0.3 is 10.4 Å². The summed E-state index contributed by atoms with van der Waals surface area (Å²) in [5.74, 6) is -1.48. The molecule has 0 unspecified atom stereocenters. The van der Waals surface area contributed by atoms with Crippen LogP contribution in [0.4, 0.5) is 5.69 Å². The Hall–Kier alpha value is -3.99. The van der Waals surface area contributed by atoms with Crippen molar-refractivity contribution in [1.29, 1.82) is 0 Å². The lowest BCUT2D eigenvalue weighted by Gasteiger charge is -2.37. The second kappa shape index (κ2) is 8.05. The molecule has 1 heterocycles. The third kappa shape index (κ3) is 3.26. The van der Waals surface area contributed by atoms with E-state index in [1.54, 1.807) is 6.92 Å². The minimum atomic E-state index is -1.45. The number of amides is 1. The summed E-state index contributed by atoms with van der Waals surface area (Å²) in [6.45, 7) is 1.68. The van der Waals surface area contributed by atoms with Crippen LogP contribution in [0.25, 0.3) is 11.6 Å². The molecule has 3 aromatic rings. The Morgan fingerprint density at radius 2 is 1.74 bits per heavy atom. The first-order chi connectivity index (χ1) is 17.0. The Morgan fingerprint density at radius 3 is 2.60 bits per heavy atom. The summed E-state index contributed by atoms with van der Waals surface area (Å²) < 4.78 is 0. The molecule has 2 aliphatic carbocycles. The zero-order valence-corrected chi connectivity index (χ0v) is 19.5. The van der Waals surface area contributed by atoms with E-state index in [0.29, 0.717) is 12.1 Å². The van der Waals surface area contributed by atoms with Gasteiger partial charge in [-0.2, -0.15) is 0 Å². The smallest absolute Gasteiger partial charge is 0.316 e. The molecule has 0 radical (unpaired) electrons. The number of fused-ring (bicyclic) bond motifs is 5. The van der Waals surface area contributed by atoms with Crippen molar-refractivity contribution in [2.45, 2.75) is 38.6 Å². The fourth-order valence-corrected chi connectivity index (χ4v) is 5.98. The summed E-state index contributed by atoms with van der Waals surface area (Å²) in [6.07, 6.45) is 6.99. The zero-order valence-electron chi connectivity index (χ0n) is 19.5. The Kier molecular flexibility index (Phi) is 4.95. The maximum absolute atomic E-state index is 13.2. The highest BCUT2D eigenvalue weighted by molar-refractivity contribution is 6.06. The van der Waals surface area contributed by atoms with Crippen molar-refractivity contribution in [3.05, 3.63) is 98.2 Å². The van der Waals surface area contributed by atoms with E-state index in [0.717, 1.165) is 35.6 Å². The average Bonchev–Trinajstić information content (AvgIpc) is 3.06. The number of hydrogen-bond acceptors (Lipinski definition) is 3. The van der Waals surface area contributed by atoms with E-state index in [9.17, 15) is 14.7 Å². The van der Waals surface area contributed by atoms with Crippen LogP contribution in [-0.2, 0) is 22.4 Å². The highest BCUT2D eigenvalue weighted by Gasteiger charge is 2.49. The van der Waals surface area contributed by atoms with E-state index in [4.69, 9.17) is 0 Å². The quantitative estimate of drug-likeness (QED) is 0.626. The summed E-state index contributed by atoms with van der Waals surface area (Å²) in [4.78, 5) is 30.3. The van der Waals surface area contributed by atoms with Crippen molar-refractivity contribution in [2.75, 3.05) is 5.32 Å². The summed E-state index contributed by atoms with van der Waals surface area (Å²) in [6, 6.07) is 19.1. The van der Waals surface area contributed by atoms with Crippen LogP contribution in [0.15, 0.2) is 65.7 Å². The van der Waals surface area contributed by atoms with Gasteiger partial charge in [0.2, 0.25) is 0 Å². The van der Waals surface area contributed by atoms with Crippen LogP contribution in [0.1, 0.15) is 36.5 Å². The highest BCUT2D eigenvalue weighted by atomic mass is 16.4. The fraction of sp³-hybridized carbons (Fsp3) is 0.233. The van der Waals surface area contributed by atoms with Gasteiger partial charge in [-0.15, -0.1) is 0 Å². The predicted octanol–water partition coefficient (Wildman–Crippen LogP) is 3.33. The minimum absolute atomic E-state index is 0.467. The molecular weight excluding hydrogens is 436 g/mol. The molecule has 0 saturated heterocycles. The van der Waals surface area contributed by atoms with Gasteiger partial charge in [0.1, 0.15) is 11.5 Å². The summed E-state index contributed by atoms with van der Waals surface area (Å²) in [7, 11) is 0. The number of carbonyl (C=O) groups is 2. The molecule has 3 aromatic carbocycles. The number of carboxylic acids is 1. The van der Waals surface area contributed by atoms with E-state index in [1.807, 2.05) is 24.3 Å². The molecule has 3 aliphatic rings. The number of hydrogen-bond donors (Lipinski definition) is 2. The number of para-hydroxylation sites is 1. The van der Waals surface area contributed by atoms with Crippen LogP contribution in [-0.4, -0.2) is 29.2 Å². The number of nitrogens with zero attached hydrogens (tertiary/aromatic N) is 1. The fourth-order valence-electron chi connectivity index (χ4n) is 5.98. The number of carboxylic acid groups (broad SMARTS) is 1. The molecule has 5 nitrogen and oxygen atoms in total. The number of carbonyl (C=O) groups excluding carboxylic acids is 1. The Balaban J connectivity index is 1.61. The number of benzodiazepines with no additional fused rings is 1. The molecule has 0 aromatic heterocycles. The van der Waals surface area contributed by atoms with Crippen molar-refractivity contribution in [3.63, 3.8) is 0 Å². The van der Waals surface area contributed by atoms with Gasteiger partial charge in [0, 0.05) is 17.5 Å². The second-order valence-electron chi connectivity index (χ2n) is 9.71. The second-order valence-corrected chi connectivity index (χ2v) is 9.71. The number of aliphatic carboxylic acids is 1. The first kappa shape index (κ1) is 21.5. The van der Waals surface area contributed by atoms with Gasteiger partial charge in [-0.05, 0) is 76.2 Å². The van der Waals surface area contributed by atoms with Gasteiger partial charge in [0.05, 0.1) is 0 Å². The van der Waals surface area contributed by atoms with Crippen molar-refractivity contribution in [1.82, 2.24) is 0 Å². The molecule has 5 heteroatoms. The molecule has 0 spiro atoms. The van der Waals surface area contributed by atoms with Crippen LogP contribution >= 0.6 is 0 Å². The minimum Gasteiger partial charge on any atom is -0.481 e. The molecule has 0 fully saturated rings. The van der Waals surface area contributed by atoms with Crippen molar-refractivity contribution in [3.8, 4) is 0 Å². The summed E-state index contributed by atoms with van der Waals surface area (Å²) in [5, 5.41) is 18.5. The van der Waals surface area contributed by atoms with E-state index >= 15 is 0 Å². The lowest BCUT2D eigenvalue weighted by atomic mass is 9.69. The number of benzene rings is 3. The molecule has 0 bridgehead atoms. The molecule has 0 saturated carbocycles. The number of nitrogens with one attached hydrogen (secondary N) is 1. The molecule has 2 atom stereocenters. The third-order valence-electron chi connectivity index (χ3n) is 7.87. The third-order valence-corrected chi connectivity index (χ3v) is 7.87. The molecule has 35 heavy (non-hydrogen) atoms. The summed E-state index contributed by atoms with van der Waals surface area (Å²) >= 11 is 0. The monoisotopic (exact) mass is 462 g/mol. The molecule has 1 amide bonds. The van der Waals surface area contributed by atoms with Crippen LogP contribution in [0, 0.1) is 15.9 Å². The lowest BCUT2D eigenvalue weighted by Crippen LogP contribution is -2.51. The molecule has 6 rings (SSSR count). The van der Waals surface area contributed by atoms with Gasteiger partial charge in [-0.25, -0.2) is 4.99 Å². The van der Waals surface area contributed by atoms with Gasteiger partial charge in [0.15, 0.2) is 0 Å². The van der Waals surface area contributed by atoms with Crippen molar-refractivity contribution in [2.24, 2.45) is 10.4 Å². The van der Waals surface area contributed by atoms with E-state index in [2.05, 4.69) is 52.8 Å². The SMILES string of the molecule is C[C@](C(=O)O)(C1=c2ccc3c(c2CCC1)CC=c1ccccc1=3)[C@@H]1Nc2ccccc2C=NC1=O. The van der Waals surface area contributed by atoms with Gasteiger partial charge in [0.25, 0.3) is 5.91 Å². The normalized spacial score (nSPS) is 19.6. The zero-order chi connectivity index (χ0) is 24.2. The standard InChI is InChI=1S/C30H26N2O3/c1-30(29(34)35,27-28(33)31-17-19-8-3-5-12-26(19)32-27)25-11-6-10-21-23-14-13-18-7-2-4-9-20(18)22(23)15-16-24(21)25/h2-5,7-9,12-13,15-17,27,32H,6,10-11,14H2,1H3,(H,34,35)/t27-,30+/m1/s1. The maximum Gasteiger partial charge on any atom is 0.316 e. The van der Waals surface area contributed by atoms with Crippen molar-refractivity contribution >= 4 is 35.4 Å². The highest BCUT2D eigenvalue weighted by Crippen LogP contribution is 2.40. The first-order valence-corrected chi connectivity index (χ1v) is 12.1. The Morgan fingerprint density at radius 1 is 0.971 bits per heavy atom. The van der Waals surface area contributed by atoms with E-state index < -0.39 is 23.3 Å².